The number of aliphatic carboxylic acids is 1. The quantitative estimate of drug-likeness (QED) is 0.734. The van der Waals surface area contributed by atoms with Gasteiger partial charge in [-0.25, -0.2) is 13.1 Å². The van der Waals surface area contributed by atoms with Crippen LogP contribution in [0.3, 0.4) is 0 Å². The summed E-state index contributed by atoms with van der Waals surface area (Å²) in [5, 5.41) is 10.3. The van der Waals surface area contributed by atoms with Gasteiger partial charge in [0.05, 0.1) is 4.90 Å². The van der Waals surface area contributed by atoms with E-state index in [2.05, 4.69) is 4.72 Å². The van der Waals surface area contributed by atoms with Gasteiger partial charge in [0.25, 0.3) is 0 Å². The van der Waals surface area contributed by atoms with Crippen LogP contribution in [-0.2, 0) is 14.8 Å². The van der Waals surface area contributed by atoms with Gasteiger partial charge in [0, 0.05) is 12.5 Å². The zero-order valence-corrected chi connectivity index (χ0v) is 14.5. The molecule has 0 heterocycles. The number of carboxylic acid groups (broad SMARTS) is 1. The highest BCUT2D eigenvalue weighted by Gasteiger charge is 2.21. The highest BCUT2D eigenvalue weighted by molar-refractivity contribution is 7.89. The summed E-state index contributed by atoms with van der Waals surface area (Å²) in [6, 6.07) is 1.99. The Hall–Kier alpha value is -1.40. The maximum absolute atomic E-state index is 12.5. The van der Waals surface area contributed by atoms with Crippen LogP contribution in [0, 0.1) is 27.7 Å². The number of hydrogen-bond acceptors (Lipinski definition) is 4. The third-order valence-electron chi connectivity index (χ3n) is 3.92. The number of carboxylic acids is 1. The third-order valence-corrected chi connectivity index (χ3v) is 5.65. The zero-order valence-electron chi connectivity index (χ0n) is 13.7. The molecule has 0 aliphatic carbocycles. The average Bonchev–Trinajstić information content (AvgIpc) is 2.40. The fourth-order valence-corrected chi connectivity index (χ4v) is 4.12. The molecule has 0 spiro atoms. The van der Waals surface area contributed by atoms with Crippen LogP contribution in [-0.4, -0.2) is 20.9 Å². The van der Waals surface area contributed by atoms with E-state index in [1.165, 1.54) is 0 Å². The van der Waals surface area contributed by atoms with Crippen LogP contribution in [0.15, 0.2) is 11.0 Å². The first-order valence-corrected chi connectivity index (χ1v) is 8.92. The number of sulfonamides is 1. The lowest BCUT2D eigenvalue weighted by molar-refractivity contribution is -0.305. The minimum absolute atomic E-state index is 0.0159. The Morgan fingerprint density at radius 1 is 1.05 bits per heavy atom. The first-order chi connectivity index (χ1) is 10.2. The molecule has 0 unspecified atom stereocenters. The summed E-state index contributed by atoms with van der Waals surface area (Å²) in [5.41, 5.74) is 3.45. The topological polar surface area (TPSA) is 86.3 Å². The van der Waals surface area contributed by atoms with E-state index in [-0.39, 0.29) is 6.42 Å². The average molecular weight is 326 g/mol. The number of benzene rings is 1. The first kappa shape index (κ1) is 18.6. The molecule has 0 atom stereocenters. The third kappa shape index (κ3) is 4.81. The Kier molecular flexibility index (Phi) is 6.56. The van der Waals surface area contributed by atoms with Gasteiger partial charge in [0.2, 0.25) is 10.0 Å². The lowest BCUT2D eigenvalue weighted by atomic mass is 10.0. The van der Waals surface area contributed by atoms with Crippen molar-refractivity contribution in [2.75, 3.05) is 6.54 Å². The van der Waals surface area contributed by atoms with E-state index in [9.17, 15) is 18.3 Å². The van der Waals surface area contributed by atoms with Crippen molar-refractivity contribution < 1.29 is 18.3 Å². The van der Waals surface area contributed by atoms with E-state index >= 15 is 0 Å². The summed E-state index contributed by atoms with van der Waals surface area (Å²) in [7, 11) is -3.55. The SMILES string of the molecule is Cc1cc(C)c(C)c(S(=O)(=O)NCCCCCC(=O)[O-])c1C. The van der Waals surface area contributed by atoms with E-state index in [0.29, 0.717) is 30.7 Å². The van der Waals surface area contributed by atoms with Crippen LogP contribution in [0.4, 0.5) is 0 Å². The summed E-state index contributed by atoms with van der Waals surface area (Å²) in [4.78, 5) is 10.7. The van der Waals surface area contributed by atoms with E-state index in [1.54, 1.807) is 0 Å². The summed E-state index contributed by atoms with van der Waals surface area (Å²) >= 11 is 0. The Bertz CT molecular complexity index is 624. The molecular weight excluding hydrogens is 302 g/mol. The molecule has 0 aromatic heterocycles. The highest BCUT2D eigenvalue weighted by Crippen LogP contribution is 2.25. The molecule has 22 heavy (non-hydrogen) atoms. The van der Waals surface area contributed by atoms with E-state index in [1.807, 2.05) is 33.8 Å². The Morgan fingerprint density at radius 2 is 1.59 bits per heavy atom. The minimum atomic E-state index is -3.55. The van der Waals surface area contributed by atoms with Gasteiger partial charge in [-0.05, 0) is 69.2 Å². The van der Waals surface area contributed by atoms with E-state index in [4.69, 9.17) is 0 Å². The maximum atomic E-state index is 12.5. The molecule has 1 rings (SSSR count). The molecule has 124 valence electrons. The molecule has 0 bridgehead atoms. The highest BCUT2D eigenvalue weighted by atomic mass is 32.2. The van der Waals surface area contributed by atoms with Gasteiger partial charge in [-0.3, -0.25) is 0 Å². The second-order valence-electron chi connectivity index (χ2n) is 5.67. The van der Waals surface area contributed by atoms with Crippen LogP contribution in [0.5, 0.6) is 0 Å². The Morgan fingerprint density at radius 3 is 2.09 bits per heavy atom. The van der Waals surface area contributed by atoms with Crippen molar-refractivity contribution in [1.29, 1.82) is 0 Å². The summed E-state index contributed by atoms with van der Waals surface area (Å²) < 4.78 is 27.6. The molecule has 1 N–H and O–H groups in total. The van der Waals surface area contributed by atoms with Gasteiger partial charge >= 0.3 is 0 Å². The van der Waals surface area contributed by atoms with E-state index < -0.39 is 16.0 Å². The summed E-state index contributed by atoms with van der Waals surface area (Å²) in [6.45, 7) is 7.75. The van der Waals surface area contributed by atoms with Gasteiger partial charge in [-0.1, -0.05) is 12.5 Å². The molecule has 0 amide bonds. The van der Waals surface area contributed by atoms with Crippen LogP contribution in [0.1, 0.15) is 47.9 Å². The largest absolute Gasteiger partial charge is 0.550 e. The number of hydrogen-bond donors (Lipinski definition) is 1. The summed E-state index contributed by atoms with van der Waals surface area (Å²) in [5.74, 6) is -1.07. The zero-order chi connectivity index (χ0) is 16.9. The van der Waals surface area contributed by atoms with Gasteiger partial charge < -0.3 is 9.90 Å². The van der Waals surface area contributed by atoms with Gasteiger partial charge in [-0.2, -0.15) is 0 Å². The first-order valence-electron chi connectivity index (χ1n) is 7.43. The fraction of sp³-hybridized carbons (Fsp3) is 0.562. The normalized spacial score (nSPS) is 11.6. The molecule has 0 radical (unpaired) electrons. The molecule has 0 aliphatic rings. The number of aryl methyl sites for hydroxylation is 2. The van der Waals surface area contributed by atoms with E-state index in [0.717, 1.165) is 22.3 Å². The lowest BCUT2D eigenvalue weighted by Gasteiger charge is -2.16. The molecule has 1 aromatic rings. The van der Waals surface area contributed by atoms with Crippen molar-refractivity contribution in [1.82, 2.24) is 4.72 Å². The molecule has 0 aliphatic heterocycles. The second kappa shape index (κ2) is 7.74. The number of rotatable bonds is 8. The van der Waals surface area contributed by atoms with Crippen molar-refractivity contribution in [3.63, 3.8) is 0 Å². The summed E-state index contributed by atoms with van der Waals surface area (Å²) in [6.07, 6.45) is 1.78. The lowest BCUT2D eigenvalue weighted by Crippen LogP contribution is -2.27. The monoisotopic (exact) mass is 326 g/mol. The Labute approximate surface area is 132 Å². The van der Waals surface area contributed by atoms with Crippen molar-refractivity contribution in [3.8, 4) is 0 Å². The molecule has 0 fully saturated rings. The van der Waals surface area contributed by atoms with Gasteiger partial charge in [-0.15, -0.1) is 0 Å². The van der Waals surface area contributed by atoms with Crippen LogP contribution in [0.25, 0.3) is 0 Å². The van der Waals surface area contributed by atoms with Crippen LogP contribution < -0.4 is 9.83 Å². The predicted octanol–water partition coefficient (Wildman–Crippen LogP) is 1.51. The van der Waals surface area contributed by atoms with Crippen LogP contribution >= 0.6 is 0 Å². The molecule has 5 nitrogen and oxygen atoms in total. The van der Waals surface area contributed by atoms with Crippen molar-refractivity contribution >= 4 is 16.0 Å². The van der Waals surface area contributed by atoms with Crippen molar-refractivity contribution in [2.45, 2.75) is 58.3 Å². The minimum Gasteiger partial charge on any atom is -0.550 e. The fourth-order valence-electron chi connectivity index (χ4n) is 2.43. The smallest absolute Gasteiger partial charge is 0.241 e. The molecule has 1 aromatic carbocycles. The number of unbranched alkanes of at least 4 members (excludes halogenated alkanes) is 2. The van der Waals surface area contributed by atoms with Crippen molar-refractivity contribution in [3.05, 3.63) is 28.3 Å². The van der Waals surface area contributed by atoms with Gasteiger partial charge in [0.1, 0.15) is 0 Å². The van der Waals surface area contributed by atoms with Crippen molar-refractivity contribution in [2.24, 2.45) is 0 Å². The maximum Gasteiger partial charge on any atom is 0.241 e. The Balaban J connectivity index is 2.74. The second-order valence-corrected chi connectivity index (χ2v) is 7.37. The predicted molar refractivity (Wildman–Crippen MR) is 84.1 cm³/mol. The van der Waals surface area contributed by atoms with Crippen LogP contribution in [0.2, 0.25) is 0 Å². The molecule has 0 saturated carbocycles. The number of carbonyl (C=O) groups excluding carboxylic acids is 1. The van der Waals surface area contributed by atoms with Gasteiger partial charge in [0.15, 0.2) is 0 Å². The molecule has 0 saturated heterocycles. The standard InChI is InChI=1S/C16H25NO4S/c1-11-10-12(2)14(4)16(13(11)3)22(20,21)17-9-7-5-6-8-15(18)19/h10,17H,5-9H2,1-4H3,(H,18,19)/p-1. The number of carbonyl (C=O) groups is 1. The molecule has 6 heteroatoms. The molecular formula is C16H24NO4S-. The number of nitrogens with one attached hydrogen (secondary N) is 1.